The first-order chi connectivity index (χ1) is 9.99. The van der Waals surface area contributed by atoms with Gasteiger partial charge in [-0.05, 0) is 41.1 Å². The summed E-state index contributed by atoms with van der Waals surface area (Å²) in [7, 11) is 1.46. The van der Waals surface area contributed by atoms with Crippen LogP contribution in [0.2, 0.25) is 5.02 Å². The lowest BCUT2D eigenvalue weighted by Gasteiger charge is -2.13. The van der Waals surface area contributed by atoms with Gasteiger partial charge in [0, 0.05) is 17.7 Å². The molecule has 1 heterocycles. The van der Waals surface area contributed by atoms with E-state index in [1.165, 1.54) is 11.8 Å². The highest BCUT2D eigenvalue weighted by atomic mass is 35.5. The van der Waals surface area contributed by atoms with Gasteiger partial charge in [0.15, 0.2) is 5.82 Å². The summed E-state index contributed by atoms with van der Waals surface area (Å²) in [5.41, 5.74) is 1.76. The lowest BCUT2D eigenvalue weighted by molar-refractivity contribution is -0.139. The van der Waals surface area contributed by atoms with Crippen LogP contribution >= 0.6 is 11.6 Å². The number of tetrazole rings is 1. The van der Waals surface area contributed by atoms with Crippen molar-refractivity contribution in [2.45, 2.75) is 26.0 Å². The first-order valence-electron chi connectivity index (χ1n) is 6.28. The molecule has 112 valence electrons. The molecule has 1 atom stereocenters. The zero-order valence-electron chi connectivity index (χ0n) is 11.7. The third-order valence-corrected chi connectivity index (χ3v) is 3.16. The van der Waals surface area contributed by atoms with Crippen molar-refractivity contribution in [3.05, 3.63) is 28.8 Å². The molecular weight excluding hydrogens is 296 g/mol. The summed E-state index contributed by atoms with van der Waals surface area (Å²) in [5.74, 6) is -0.414. The number of aromatic nitrogens is 4. The fourth-order valence-electron chi connectivity index (χ4n) is 2.01. The van der Waals surface area contributed by atoms with Crippen LogP contribution in [0, 0.1) is 6.92 Å². The molecule has 0 fully saturated rings. The molecule has 0 amide bonds. The SMILES string of the molecule is COC(CC(=O)O)Cn1nnnc1-c1cc(C)cc(Cl)c1. The summed E-state index contributed by atoms with van der Waals surface area (Å²) in [6.07, 6.45) is -0.630. The molecule has 0 aliphatic heterocycles. The number of hydrogen-bond donors (Lipinski definition) is 1. The number of carboxylic acids is 1. The van der Waals surface area contributed by atoms with Crippen LogP contribution in [0.4, 0.5) is 0 Å². The number of methoxy groups -OCH3 is 1. The second-order valence-electron chi connectivity index (χ2n) is 4.66. The van der Waals surface area contributed by atoms with E-state index in [0.717, 1.165) is 11.1 Å². The van der Waals surface area contributed by atoms with Crippen molar-refractivity contribution in [1.82, 2.24) is 20.2 Å². The Morgan fingerprint density at radius 1 is 1.48 bits per heavy atom. The molecule has 0 saturated carbocycles. The molecule has 0 aliphatic rings. The summed E-state index contributed by atoms with van der Waals surface area (Å²) in [6.45, 7) is 2.17. The lowest BCUT2D eigenvalue weighted by atomic mass is 10.1. The Bertz CT molecular complexity index is 624. The molecule has 0 bridgehead atoms. The Morgan fingerprint density at radius 2 is 2.24 bits per heavy atom. The number of carboxylic acid groups (broad SMARTS) is 1. The molecule has 0 saturated heterocycles. The summed E-state index contributed by atoms with van der Waals surface area (Å²) in [5, 5.41) is 20.9. The van der Waals surface area contributed by atoms with Crippen LogP contribution in [0.25, 0.3) is 11.4 Å². The van der Waals surface area contributed by atoms with Gasteiger partial charge < -0.3 is 9.84 Å². The van der Waals surface area contributed by atoms with E-state index < -0.39 is 12.1 Å². The Labute approximate surface area is 126 Å². The Hall–Kier alpha value is -1.99. The molecule has 0 radical (unpaired) electrons. The van der Waals surface area contributed by atoms with Crippen LogP contribution in [0.1, 0.15) is 12.0 Å². The number of ether oxygens (including phenoxy) is 1. The van der Waals surface area contributed by atoms with Crippen molar-refractivity contribution in [3.63, 3.8) is 0 Å². The van der Waals surface area contributed by atoms with E-state index in [1.807, 2.05) is 19.1 Å². The predicted octanol–water partition coefficient (Wildman–Crippen LogP) is 1.79. The predicted molar refractivity (Wildman–Crippen MR) is 76.0 cm³/mol. The molecule has 0 spiro atoms. The lowest BCUT2D eigenvalue weighted by Crippen LogP contribution is -2.23. The first kappa shape index (κ1) is 15.4. The standard InChI is InChI=1S/C13H15ClN4O3/c1-8-3-9(5-10(14)4-8)13-15-16-17-18(13)7-11(21-2)6-12(19)20/h3-5,11H,6-7H2,1-2H3,(H,19,20). The van der Waals surface area contributed by atoms with Crippen molar-refractivity contribution in [2.24, 2.45) is 0 Å². The fourth-order valence-corrected chi connectivity index (χ4v) is 2.30. The number of aryl methyl sites for hydroxylation is 1. The molecule has 1 aromatic heterocycles. The van der Waals surface area contributed by atoms with Gasteiger partial charge in [0.05, 0.1) is 19.1 Å². The van der Waals surface area contributed by atoms with Gasteiger partial charge in [-0.2, -0.15) is 0 Å². The van der Waals surface area contributed by atoms with Gasteiger partial charge in [-0.25, -0.2) is 4.68 Å². The molecule has 0 aliphatic carbocycles. The van der Waals surface area contributed by atoms with E-state index in [9.17, 15) is 4.79 Å². The van der Waals surface area contributed by atoms with Crippen LogP contribution < -0.4 is 0 Å². The molecule has 8 heteroatoms. The highest BCUT2D eigenvalue weighted by Gasteiger charge is 2.17. The average Bonchev–Trinajstić information content (AvgIpc) is 2.84. The first-order valence-corrected chi connectivity index (χ1v) is 6.65. The van der Waals surface area contributed by atoms with Crippen molar-refractivity contribution in [1.29, 1.82) is 0 Å². The maximum absolute atomic E-state index is 10.8. The van der Waals surface area contributed by atoms with Crippen molar-refractivity contribution < 1.29 is 14.6 Å². The maximum Gasteiger partial charge on any atom is 0.306 e. The number of carbonyl (C=O) groups is 1. The Morgan fingerprint density at radius 3 is 2.86 bits per heavy atom. The maximum atomic E-state index is 10.8. The quantitative estimate of drug-likeness (QED) is 0.875. The Kier molecular flexibility index (Phi) is 4.87. The molecule has 2 aromatic rings. The van der Waals surface area contributed by atoms with Crippen LogP contribution in [-0.4, -0.2) is 44.5 Å². The van der Waals surface area contributed by atoms with Crippen molar-refractivity contribution in [2.75, 3.05) is 7.11 Å². The van der Waals surface area contributed by atoms with Crippen LogP contribution in [-0.2, 0) is 16.1 Å². The number of benzene rings is 1. The highest BCUT2D eigenvalue weighted by molar-refractivity contribution is 6.30. The van der Waals surface area contributed by atoms with E-state index in [1.54, 1.807) is 6.07 Å². The smallest absolute Gasteiger partial charge is 0.306 e. The summed E-state index contributed by atoms with van der Waals surface area (Å²) >= 11 is 6.04. The normalized spacial score (nSPS) is 12.3. The minimum Gasteiger partial charge on any atom is -0.481 e. The molecule has 1 unspecified atom stereocenters. The summed E-state index contributed by atoms with van der Waals surface area (Å²) < 4.78 is 6.67. The monoisotopic (exact) mass is 310 g/mol. The van der Waals surface area contributed by atoms with E-state index in [-0.39, 0.29) is 13.0 Å². The van der Waals surface area contributed by atoms with E-state index in [4.69, 9.17) is 21.4 Å². The minimum absolute atomic E-state index is 0.121. The zero-order chi connectivity index (χ0) is 15.4. The number of nitrogens with zero attached hydrogens (tertiary/aromatic N) is 4. The van der Waals surface area contributed by atoms with Gasteiger partial charge in [-0.3, -0.25) is 4.79 Å². The number of hydrogen-bond acceptors (Lipinski definition) is 5. The Balaban J connectivity index is 2.27. The topological polar surface area (TPSA) is 90.1 Å². The van der Waals surface area contributed by atoms with Gasteiger partial charge in [0.1, 0.15) is 0 Å². The molecule has 2 rings (SSSR count). The van der Waals surface area contributed by atoms with Gasteiger partial charge >= 0.3 is 5.97 Å². The highest BCUT2D eigenvalue weighted by Crippen LogP contribution is 2.23. The third kappa shape index (κ3) is 3.99. The van der Waals surface area contributed by atoms with Gasteiger partial charge in [0.2, 0.25) is 0 Å². The van der Waals surface area contributed by atoms with Crippen LogP contribution in [0.5, 0.6) is 0 Å². The van der Waals surface area contributed by atoms with E-state index in [0.29, 0.717) is 10.8 Å². The van der Waals surface area contributed by atoms with Gasteiger partial charge in [-0.1, -0.05) is 11.6 Å². The number of rotatable bonds is 6. The molecule has 1 N–H and O–H groups in total. The molecular formula is C13H15ClN4O3. The van der Waals surface area contributed by atoms with E-state index in [2.05, 4.69) is 15.5 Å². The minimum atomic E-state index is -0.935. The van der Waals surface area contributed by atoms with Gasteiger partial charge in [-0.15, -0.1) is 5.10 Å². The molecule has 7 nitrogen and oxygen atoms in total. The third-order valence-electron chi connectivity index (χ3n) is 2.94. The second kappa shape index (κ2) is 6.64. The van der Waals surface area contributed by atoms with Crippen LogP contribution in [0.15, 0.2) is 18.2 Å². The largest absolute Gasteiger partial charge is 0.481 e. The number of aliphatic carboxylic acids is 1. The van der Waals surface area contributed by atoms with Crippen LogP contribution in [0.3, 0.4) is 0 Å². The van der Waals surface area contributed by atoms with Gasteiger partial charge in [0.25, 0.3) is 0 Å². The van der Waals surface area contributed by atoms with Crippen molar-refractivity contribution in [3.8, 4) is 11.4 Å². The van der Waals surface area contributed by atoms with Crippen molar-refractivity contribution >= 4 is 17.6 Å². The average molecular weight is 311 g/mol. The number of halogens is 1. The molecule has 1 aromatic carbocycles. The fraction of sp³-hybridized carbons (Fsp3) is 0.385. The summed E-state index contributed by atoms with van der Waals surface area (Å²) in [4.78, 5) is 10.8. The second-order valence-corrected chi connectivity index (χ2v) is 5.09. The molecule has 21 heavy (non-hydrogen) atoms. The van der Waals surface area contributed by atoms with E-state index >= 15 is 0 Å². The summed E-state index contributed by atoms with van der Waals surface area (Å²) in [6, 6.07) is 5.50. The zero-order valence-corrected chi connectivity index (χ0v) is 12.4.